The Labute approximate surface area is 171 Å². The van der Waals surface area contributed by atoms with Crippen LogP contribution in [-0.2, 0) is 18.9 Å². The Hall–Kier alpha value is -1.34. The average molecular weight is 398 g/mol. The van der Waals surface area contributed by atoms with Gasteiger partial charge in [-0.05, 0) is 52.3 Å². The van der Waals surface area contributed by atoms with Gasteiger partial charge in [0.2, 0.25) is 0 Å². The first kappa shape index (κ1) is 24.7. The molecule has 6 heteroatoms. The highest BCUT2D eigenvalue weighted by atomic mass is 16.5. The molecular formula is C22H39NO5. The molecule has 0 amide bonds. The monoisotopic (exact) mass is 397 g/mol. The third-order valence-corrected chi connectivity index (χ3v) is 4.32. The van der Waals surface area contributed by atoms with E-state index in [1.807, 2.05) is 33.8 Å². The number of ether oxygens (including phenoxy) is 5. The summed E-state index contributed by atoms with van der Waals surface area (Å²) in [6.45, 7) is 15.5. The summed E-state index contributed by atoms with van der Waals surface area (Å²) in [6.07, 6.45) is 0.146. The maximum atomic E-state index is 5.91. The van der Waals surface area contributed by atoms with Crippen LogP contribution in [0.3, 0.4) is 0 Å². The first-order chi connectivity index (χ1) is 13.5. The van der Waals surface area contributed by atoms with Crippen molar-refractivity contribution in [2.45, 2.75) is 46.8 Å². The molecule has 0 aromatic heterocycles. The molecular weight excluding hydrogens is 358 g/mol. The summed E-state index contributed by atoms with van der Waals surface area (Å²) < 4.78 is 28.2. The summed E-state index contributed by atoms with van der Waals surface area (Å²) in [5.74, 6) is 0.857. The number of methoxy groups -OCH3 is 1. The van der Waals surface area contributed by atoms with Gasteiger partial charge in [-0.3, -0.25) is 0 Å². The molecule has 0 aliphatic carbocycles. The Bertz CT molecular complexity index is 506. The van der Waals surface area contributed by atoms with Gasteiger partial charge in [-0.25, -0.2) is 0 Å². The van der Waals surface area contributed by atoms with Gasteiger partial charge in [-0.1, -0.05) is 6.07 Å². The maximum Gasteiger partial charge on any atom is 0.142 e. The fraction of sp³-hybridized carbons (Fsp3) is 0.727. The second-order valence-corrected chi connectivity index (χ2v) is 6.84. The van der Waals surface area contributed by atoms with Gasteiger partial charge in [0.25, 0.3) is 0 Å². The summed E-state index contributed by atoms with van der Waals surface area (Å²) in [4.78, 5) is 2.26. The average Bonchev–Trinajstić information content (AvgIpc) is 2.69. The van der Waals surface area contributed by atoms with Gasteiger partial charge in [0, 0.05) is 26.3 Å². The zero-order chi connectivity index (χ0) is 20.8. The van der Waals surface area contributed by atoms with Crippen LogP contribution in [0.4, 0.5) is 5.69 Å². The molecule has 1 aromatic rings. The first-order valence-electron chi connectivity index (χ1n) is 10.3. The smallest absolute Gasteiger partial charge is 0.142 e. The Morgan fingerprint density at radius 2 is 1.43 bits per heavy atom. The van der Waals surface area contributed by atoms with Crippen LogP contribution in [0.2, 0.25) is 0 Å². The molecule has 0 saturated carbocycles. The molecule has 0 N–H and O–H groups in total. The number of hydrogen-bond donors (Lipinski definition) is 0. The topological polar surface area (TPSA) is 49.4 Å². The van der Waals surface area contributed by atoms with E-state index < -0.39 is 0 Å². The van der Waals surface area contributed by atoms with E-state index in [0.29, 0.717) is 39.6 Å². The molecule has 0 spiro atoms. The molecule has 28 heavy (non-hydrogen) atoms. The molecule has 2 atom stereocenters. The van der Waals surface area contributed by atoms with E-state index in [9.17, 15) is 0 Å². The molecule has 0 heterocycles. The summed E-state index contributed by atoms with van der Waals surface area (Å²) >= 11 is 0. The largest absolute Gasteiger partial charge is 0.495 e. The molecule has 0 fully saturated rings. The van der Waals surface area contributed by atoms with Crippen LogP contribution in [0.15, 0.2) is 18.2 Å². The summed E-state index contributed by atoms with van der Waals surface area (Å²) in [5, 5.41) is 0. The maximum absolute atomic E-state index is 5.91. The lowest BCUT2D eigenvalue weighted by Crippen LogP contribution is -2.33. The van der Waals surface area contributed by atoms with Crippen molar-refractivity contribution in [1.82, 2.24) is 0 Å². The summed E-state index contributed by atoms with van der Waals surface area (Å²) in [5.41, 5.74) is 2.25. The van der Waals surface area contributed by atoms with E-state index in [4.69, 9.17) is 23.7 Å². The van der Waals surface area contributed by atoms with Crippen LogP contribution in [0, 0.1) is 6.92 Å². The van der Waals surface area contributed by atoms with E-state index in [1.165, 1.54) is 5.56 Å². The van der Waals surface area contributed by atoms with Gasteiger partial charge in [0.1, 0.15) is 5.75 Å². The zero-order valence-corrected chi connectivity index (χ0v) is 18.5. The minimum Gasteiger partial charge on any atom is -0.495 e. The highest BCUT2D eigenvalue weighted by Crippen LogP contribution is 2.29. The van der Waals surface area contributed by atoms with E-state index in [2.05, 4.69) is 24.0 Å². The molecule has 0 radical (unpaired) electrons. The quantitative estimate of drug-likeness (QED) is 0.424. The molecule has 6 nitrogen and oxygen atoms in total. The highest BCUT2D eigenvalue weighted by Gasteiger charge is 2.14. The van der Waals surface area contributed by atoms with Crippen molar-refractivity contribution in [3.63, 3.8) is 0 Å². The minimum absolute atomic E-state index is 0.0728. The van der Waals surface area contributed by atoms with E-state index in [1.54, 1.807) is 7.11 Å². The summed E-state index contributed by atoms with van der Waals surface area (Å²) in [6, 6.07) is 6.21. The van der Waals surface area contributed by atoms with E-state index in [0.717, 1.165) is 24.5 Å². The molecule has 0 saturated heterocycles. The molecule has 1 rings (SSSR count). The molecule has 0 bridgehead atoms. The number of aryl methyl sites for hydroxylation is 1. The number of hydrogen-bond acceptors (Lipinski definition) is 6. The Morgan fingerprint density at radius 1 is 0.893 bits per heavy atom. The van der Waals surface area contributed by atoms with Crippen LogP contribution in [0.5, 0.6) is 5.75 Å². The molecule has 1 aromatic carbocycles. The second kappa shape index (κ2) is 14.6. The van der Waals surface area contributed by atoms with Crippen molar-refractivity contribution < 1.29 is 23.7 Å². The number of rotatable bonds is 16. The van der Waals surface area contributed by atoms with E-state index >= 15 is 0 Å². The minimum atomic E-state index is 0.0728. The van der Waals surface area contributed by atoms with E-state index in [-0.39, 0.29) is 12.2 Å². The fourth-order valence-corrected chi connectivity index (χ4v) is 2.79. The lowest BCUT2D eigenvalue weighted by atomic mass is 10.2. The van der Waals surface area contributed by atoms with Crippen molar-refractivity contribution >= 4 is 5.69 Å². The van der Waals surface area contributed by atoms with Crippen molar-refractivity contribution in [3.05, 3.63) is 23.8 Å². The van der Waals surface area contributed by atoms with Crippen LogP contribution < -0.4 is 9.64 Å². The van der Waals surface area contributed by atoms with Gasteiger partial charge in [-0.15, -0.1) is 0 Å². The normalized spacial score (nSPS) is 13.4. The second-order valence-electron chi connectivity index (χ2n) is 6.84. The van der Waals surface area contributed by atoms with Crippen molar-refractivity contribution in [3.8, 4) is 5.75 Å². The van der Waals surface area contributed by atoms with Crippen molar-refractivity contribution in [2.24, 2.45) is 0 Å². The van der Waals surface area contributed by atoms with Crippen molar-refractivity contribution in [2.75, 3.05) is 64.7 Å². The lowest BCUT2D eigenvalue weighted by molar-refractivity contribution is -0.00525. The Balaban J connectivity index is 2.68. The highest BCUT2D eigenvalue weighted by molar-refractivity contribution is 5.60. The third kappa shape index (κ3) is 9.73. The Morgan fingerprint density at radius 3 is 1.89 bits per heavy atom. The fourth-order valence-electron chi connectivity index (χ4n) is 2.79. The van der Waals surface area contributed by atoms with Crippen LogP contribution in [-0.4, -0.2) is 72.0 Å². The molecule has 2 unspecified atom stereocenters. The van der Waals surface area contributed by atoms with Gasteiger partial charge in [-0.2, -0.15) is 0 Å². The molecule has 0 aliphatic heterocycles. The van der Waals surface area contributed by atoms with Gasteiger partial charge in [0.15, 0.2) is 0 Å². The predicted octanol–water partition coefficient (Wildman–Crippen LogP) is 3.69. The zero-order valence-electron chi connectivity index (χ0n) is 18.5. The molecule has 162 valence electrons. The van der Waals surface area contributed by atoms with Crippen LogP contribution >= 0.6 is 0 Å². The lowest BCUT2D eigenvalue weighted by Gasteiger charge is -2.28. The van der Waals surface area contributed by atoms with Gasteiger partial charge in [0.05, 0.1) is 51.4 Å². The SMILES string of the molecule is CCOCC(C)OCCN(CCOC(C)COCC)c1cc(C)ccc1OC. The van der Waals surface area contributed by atoms with Gasteiger partial charge >= 0.3 is 0 Å². The van der Waals surface area contributed by atoms with Crippen LogP contribution in [0.25, 0.3) is 0 Å². The number of anilines is 1. The van der Waals surface area contributed by atoms with Gasteiger partial charge < -0.3 is 28.6 Å². The predicted molar refractivity (Wildman–Crippen MR) is 114 cm³/mol. The first-order valence-corrected chi connectivity index (χ1v) is 10.3. The molecule has 0 aliphatic rings. The number of benzene rings is 1. The van der Waals surface area contributed by atoms with Crippen LogP contribution in [0.1, 0.15) is 33.3 Å². The number of nitrogens with zero attached hydrogens (tertiary/aromatic N) is 1. The Kier molecular flexibility index (Phi) is 12.9. The third-order valence-electron chi connectivity index (χ3n) is 4.32. The summed E-state index contributed by atoms with van der Waals surface area (Å²) in [7, 11) is 1.70. The van der Waals surface area contributed by atoms with Crippen molar-refractivity contribution in [1.29, 1.82) is 0 Å². The standard InChI is InChI=1S/C22H39NO5/c1-7-25-16-19(4)27-13-11-23(12-14-28-20(5)17-26-8-2)21-15-18(3)9-10-22(21)24-6/h9-10,15,19-20H,7-8,11-14,16-17H2,1-6H3.